The second-order valence-electron chi connectivity index (χ2n) is 7.21. The van der Waals surface area contributed by atoms with Crippen molar-refractivity contribution in [1.82, 2.24) is 21.1 Å². The van der Waals surface area contributed by atoms with Gasteiger partial charge in [-0.25, -0.2) is 5.43 Å². The van der Waals surface area contributed by atoms with Gasteiger partial charge in [-0.2, -0.15) is 0 Å². The van der Waals surface area contributed by atoms with E-state index in [4.69, 9.17) is 0 Å². The molecule has 3 aliphatic heterocycles. The first-order valence-electron chi connectivity index (χ1n) is 8.81. The maximum absolute atomic E-state index is 13.1. The fraction of sp³-hybridized carbons (Fsp3) is 0.611. The minimum Gasteiger partial charge on any atom is -0.338 e. The first kappa shape index (κ1) is 17.7. The highest BCUT2D eigenvalue weighted by molar-refractivity contribution is 5.85. The van der Waals surface area contributed by atoms with Gasteiger partial charge in [0.05, 0.1) is 0 Å². The quantitative estimate of drug-likeness (QED) is 0.752. The van der Waals surface area contributed by atoms with Crippen LogP contribution in [0.3, 0.4) is 0 Å². The topological polar surface area (TPSA) is 56.4 Å². The molecule has 6 heteroatoms. The molecule has 3 saturated heterocycles. The van der Waals surface area contributed by atoms with E-state index in [0.717, 1.165) is 32.5 Å². The van der Waals surface area contributed by atoms with Crippen molar-refractivity contribution in [2.24, 2.45) is 5.92 Å². The van der Waals surface area contributed by atoms with Gasteiger partial charge in [-0.15, -0.1) is 12.4 Å². The van der Waals surface area contributed by atoms with Crippen molar-refractivity contribution >= 4 is 18.3 Å². The number of hydrogen-bond donors (Lipinski definition) is 3. The van der Waals surface area contributed by atoms with Crippen LogP contribution < -0.4 is 16.2 Å². The molecular weight excluding hydrogens is 324 g/mol. The Balaban J connectivity index is 0.00000169. The predicted molar refractivity (Wildman–Crippen MR) is 97.0 cm³/mol. The lowest BCUT2D eigenvalue weighted by Crippen LogP contribution is -2.51. The summed E-state index contributed by atoms with van der Waals surface area (Å²) >= 11 is 0. The minimum absolute atomic E-state index is 0. The molecule has 0 aliphatic carbocycles. The average molecular weight is 351 g/mol. The summed E-state index contributed by atoms with van der Waals surface area (Å²) in [5, 5.41) is 3.43. The van der Waals surface area contributed by atoms with E-state index < -0.39 is 0 Å². The third-order valence-corrected chi connectivity index (χ3v) is 5.78. The van der Waals surface area contributed by atoms with Crippen molar-refractivity contribution in [3.8, 4) is 0 Å². The molecule has 1 aromatic rings. The molecule has 0 bridgehead atoms. The largest absolute Gasteiger partial charge is 0.338 e. The third kappa shape index (κ3) is 3.18. The highest BCUT2D eigenvalue weighted by atomic mass is 35.5. The number of carbonyl (C=O) groups excluding carboxylic acids is 1. The molecule has 5 nitrogen and oxygen atoms in total. The van der Waals surface area contributed by atoms with Crippen LogP contribution in [0.2, 0.25) is 0 Å². The van der Waals surface area contributed by atoms with Crippen molar-refractivity contribution in [2.45, 2.75) is 43.8 Å². The number of fused-ring (bicyclic) bond motifs is 1. The zero-order valence-electron chi connectivity index (χ0n) is 14.1. The van der Waals surface area contributed by atoms with Crippen LogP contribution in [-0.4, -0.2) is 48.6 Å². The Labute approximate surface area is 149 Å². The highest BCUT2D eigenvalue weighted by Gasteiger charge is 2.45. The molecule has 3 heterocycles. The summed E-state index contributed by atoms with van der Waals surface area (Å²) in [6.45, 7) is 4.98. The molecule has 3 N–H and O–H groups in total. The normalized spacial score (nSPS) is 35.4. The monoisotopic (exact) mass is 350 g/mol. The van der Waals surface area contributed by atoms with E-state index in [2.05, 4.69) is 58.3 Å². The molecule has 0 radical (unpaired) electrons. The van der Waals surface area contributed by atoms with Crippen LogP contribution >= 0.6 is 12.4 Å². The van der Waals surface area contributed by atoms with E-state index in [-0.39, 0.29) is 24.4 Å². The summed E-state index contributed by atoms with van der Waals surface area (Å²) in [5.41, 5.74) is 7.95. The molecule has 1 amide bonds. The number of nitrogens with zero attached hydrogens (tertiary/aromatic N) is 1. The van der Waals surface area contributed by atoms with Crippen molar-refractivity contribution in [2.75, 3.05) is 19.6 Å². The van der Waals surface area contributed by atoms with Gasteiger partial charge in [-0.3, -0.25) is 10.2 Å². The molecule has 1 aromatic carbocycles. The van der Waals surface area contributed by atoms with Crippen molar-refractivity contribution in [3.05, 3.63) is 35.9 Å². The molecule has 4 rings (SSSR count). The summed E-state index contributed by atoms with van der Waals surface area (Å²) < 4.78 is 0. The van der Waals surface area contributed by atoms with E-state index in [0.29, 0.717) is 23.9 Å². The standard InChI is InChI=1S/C18H26N4O.ClH/c1-12-9-14(13-5-3-2-4-6-13)11-22(12)18(23)17-15-10-19-8-7-16(15)20-21-17;/h2-6,12,14-17,19-21H,7-11H2,1H3;1H. The molecule has 0 spiro atoms. The lowest BCUT2D eigenvalue weighted by molar-refractivity contribution is -0.134. The van der Waals surface area contributed by atoms with Gasteiger partial charge in [0.1, 0.15) is 6.04 Å². The van der Waals surface area contributed by atoms with Crippen LogP contribution in [0.1, 0.15) is 31.2 Å². The second kappa shape index (κ2) is 7.40. The molecular formula is C18H27ClN4O. The lowest BCUT2D eigenvalue weighted by Gasteiger charge is -2.31. The average Bonchev–Trinajstić information content (AvgIpc) is 3.19. The van der Waals surface area contributed by atoms with Crippen molar-refractivity contribution < 1.29 is 4.79 Å². The van der Waals surface area contributed by atoms with Crippen LogP contribution in [0.25, 0.3) is 0 Å². The van der Waals surface area contributed by atoms with Gasteiger partial charge < -0.3 is 10.2 Å². The summed E-state index contributed by atoms with van der Waals surface area (Å²) in [6.07, 6.45) is 2.14. The van der Waals surface area contributed by atoms with E-state index in [9.17, 15) is 4.79 Å². The molecule has 0 saturated carbocycles. The van der Waals surface area contributed by atoms with Crippen LogP contribution in [0.15, 0.2) is 30.3 Å². The number of nitrogens with one attached hydrogen (secondary N) is 3. The third-order valence-electron chi connectivity index (χ3n) is 5.78. The number of piperidine rings is 1. The highest BCUT2D eigenvalue weighted by Crippen LogP contribution is 2.33. The Morgan fingerprint density at radius 3 is 2.79 bits per heavy atom. The number of amides is 1. The number of rotatable bonds is 2. The van der Waals surface area contributed by atoms with Crippen molar-refractivity contribution in [3.63, 3.8) is 0 Å². The lowest BCUT2D eigenvalue weighted by atomic mass is 9.89. The van der Waals surface area contributed by atoms with E-state index in [1.54, 1.807) is 0 Å². The van der Waals surface area contributed by atoms with E-state index in [1.165, 1.54) is 5.56 Å². The van der Waals surface area contributed by atoms with Gasteiger partial charge in [0.2, 0.25) is 5.91 Å². The number of hydrazine groups is 1. The first-order chi connectivity index (χ1) is 11.2. The van der Waals surface area contributed by atoms with Gasteiger partial charge in [0, 0.05) is 37.0 Å². The SMILES string of the molecule is CC1CC(c2ccccc2)CN1C(=O)C1NNC2CCNCC21.Cl. The molecule has 3 fully saturated rings. The predicted octanol–water partition coefficient (Wildman–Crippen LogP) is 1.27. The Morgan fingerprint density at radius 2 is 2.00 bits per heavy atom. The van der Waals surface area contributed by atoms with E-state index in [1.807, 2.05) is 0 Å². The number of carbonyl (C=O) groups is 1. The van der Waals surface area contributed by atoms with E-state index >= 15 is 0 Å². The number of hydrogen-bond acceptors (Lipinski definition) is 4. The van der Waals surface area contributed by atoms with Gasteiger partial charge in [-0.05, 0) is 31.9 Å². The zero-order chi connectivity index (χ0) is 15.8. The fourth-order valence-corrected chi connectivity index (χ4v) is 4.44. The van der Waals surface area contributed by atoms with Gasteiger partial charge in [-0.1, -0.05) is 30.3 Å². The van der Waals surface area contributed by atoms with Gasteiger partial charge in [0.15, 0.2) is 0 Å². The Morgan fingerprint density at radius 1 is 1.21 bits per heavy atom. The summed E-state index contributed by atoms with van der Waals surface area (Å²) in [4.78, 5) is 15.2. The van der Waals surface area contributed by atoms with Crippen LogP contribution in [0, 0.1) is 5.92 Å². The smallest absolute Gasteiger partial charge is 0.241 e. The number of likely N-dealkylation sites (tertiary alicyclic amines) is 1. The van der Waals surface area contributed by atoms with Crippen LogP contribution in [0.4, 0.5) is 0 Å². The molecule has 24 heavy (non-hydrogen) atoms. The van der Waals surface area contributed by atoms with Crippen LogP contribution in [0.5, 0.6) is 0 Å². The second-order valence-corrected chi connectivity index (χ2v) is 7.21. The fourth-order valence-electron chi connectivity index (χ4n) is 4.44. The van der Waals surface area contributed by atoms with Gasteiger partial charge in [0.25, 0.3) is 0 Å². The maximum atomic E-state index is 13.1. The maximum Gasteiger partial charge on any atom is 0.241 e. The van der Waals surface area contributed by atoms with Crippen molar-refractivity contribution in [1.29, 1.82) is 0 Å². The summed E-state index contributed by atoms with van der Waals surface area (Å²) in [6, 6.07) is 11.2. The Hall–Kier alpha value is -1.14. The Kier molecular flexibility index (Phi) is 5.45. The molecule has 3 aliphatic rings. The molecule has 0 aromatic heterocycles. The zero-order valence-corrected chi connectivity index (χ0v) is 14.9. The number of benzene rings is 1. The molecule has 5 unspecified atom stereocenters. The van der Waals surface area contributed by atoms with Gasteiger partial charge >= 0.3 is 0 Å². The number of halogens is 1. The Bertz CT molecular complexity index is 569. The summed E-state index contributed by atoms with van der Waals surface area (Å²) in [5.74, 6) is 1.09. The first-order valence-corrected chi connectivity index (χ1v) is 8.81. The summed E-state index contributed by atoms with van der Waals surface area (Å²) in [7, 11) is 0. The minimum atomic E-state index is -0.0928. The molecule has 5 atom stereocenters. The molecule has 132 valence electrons. The van der Waals surface area contributed by atoms with Crippen LogP contribution in [-0.2, 0) is 4.79 Å².